The molecule has 19 heavy (non-hydrogen) atoms. The van der Waals surface area contributed by atoms with Crippen LogP contribution in [0.4, 0.5) is 0 Å². The van der Waals surface area contributed by atoms with E-state index in [4.69, 9.17) is 5.11 Å². The van der Waals surface area contributed by atoms with Crippen LogP contribution in [-0.2, 0) is 11.3 Å². The molecule has 0 unspecified atom stereocenters. The third-order valence-electron chi connectivity index (χ3n) is 3.23. The van der Waals surface area contributed by atoms with Gasteiger partial charge in [0.2, 0.25) is 5.91 Å². The second-order valence-electron chi connectivity index (χ2n) is 4.60. The highest BCUT2D eigenvalue weighted by Crippen LogP contribution is 2.08. The van der Waals surface area contributed by atoms with E-state index >= 15 is 0 Å². The van der Waals surface area contributed by atoms with Crippen LogP contribution in [0.2, 0.25) is 0 Å². The average Bonchev–Trinajstić information content (AvgIpc) is 2.39. The summed E-state index contributed by atoms with van der Waals surface area (Å²) < 4.78 is 0. The van der Waals surface area contributed by atoms with Crippen LogP contribution in [0.1, 0.15) is 23.1 Å². The average molecular weight is 263 g/mol. The zero-order chi connectivity index (χ0) is 13.8. The number of pyridine rings is 1. The molecule has 0 spiro atoms. The zero-order valence-corrected chi connectivity index (χ0v) is 10.9. The SMILES string of the molecule is CC(=O)N1CCN(Cc2cccc(C(=O)O)n2)CC1. The molecule has 6 heteroatoms. The van der Waals surface area contributed by atoms with E-state index in [-0.39, 0.29) is 11.6 Å². The number of aromatic nitrogens is 1. The van der Waals surface area contributed by atoms with Crippen LogP contribution >= 0.6 is 0 Å². The molecular formula is C13H17N3O3. The first-order valence-corrected chi connectivity index (χ1v) is 6.23. The molecule has 2 heterocycles. The smallest absolute Gasteiger partial charge is 0.354 e. The maximum absolute atomic E-state index is 11.2. The van der Waals surface area contributed by atoms with Crippen LogP contribution in [-0.4, -0.2) is 57.9 Å². The van der Waals surface area contributed by atoms with Crippen LogP contribution in [0.5, 0.6) is 0 Å². The van der Waals surface area contributed by atoms with Gasteiger partial charge in [0.25, 0.3) is 0 Å². The molecule has 2 rings (SSSR count). The van der Waals surface area contributed by atoms with Crippen LogP contribution in [0.15, 0.2) is 18.2 Å². The second kappa shape index (κ2) is 5.79. The summed E-state index contributed by atoms with van der Waals surface area (Å²) in [6, 6.07) is 5.01. The third-order valence-corrected chi connectivity index (χ3v) is 3.23. The molecule has 0 radical (unpaired) electrons. The molecule has 102 valence electrons. The lowest BCUT2D eigenvalue weighted by Gasteiger charge is -2.33. The Kier molecular flexibility index (Phi) is 4.11. The number of carbonyl (C=O) groups excluding carboxylic acids is 1. The van der Waals surface area contributed by atoms with Crippen molar-refractivity contribution in [3.8, 4) is 0 Å². The molecule has 1 aliphatic heterocycles. The molecule has 1 saturated heterocycles. The van der Waals surface area contributed by atoms with Gasteiger partial charge in [0, 0.05) is 39.6 Å². The molecule has 0 saturated carbocycles. The topological polar surface area (TPSA) is 73.7 Å². The van der Waals surface area contributed by atoms with E-state index in [1.165, 1.54) is 6.07 Å². The van der Waals surface area contributed by atoms with Gasteiger partial charge in [-0.3, -0.25) is 9.69 Å². The molecule has 1 aromatic heterocycles. The van der Waals surface area contributed by atoms with E-state index in [1.807, 2.05) is 11.0 Å². The lowest BCUT2D eigenvalue weighted by Crippen LogP contribution is -2.47. The Morgan fingerprint density at radius 1 is 1.26 bits per heavy atom. The highest BCUT2D eigenvalue weighted by atomic mass is 16.4. The molecule has 0 aromatic carbocycles. The van der Waals surface area contributed by atoms with Gasteiger partial charge in [-0.25, -0.2) is 9.78 Å². The van der Waals surface area contributed by atoms with Crippen molar-refractivity contribution in [2.24, 2.45) is 0 Å². The van der Waals surface area contributed by atoms with E-state index in [0.717, 1.165) is 18.8 Å². The Morgan fingerprint density at radius 3 is 2.53 bits per heavy atom. The van der Waals surface area contributed by atoms with Crippen molar-refractivity contribution in [1.82, 2.24) is 14.8 Å². The van der Waals surface area contributed by atoms with E-state index in [1.54, 1.807) is 13.0 Å². The van der Waals surface area contributed by atoms with Gasteiger partial charge >= 0.3 is 5.97 Å². The van der Waals surface area contributed by atoms with Crippen LogP contribution in [0.25, 0.3) is 0 Å². The minimum atomic E-state index is -1.01. The first kappa shape index (κ1) is 13.5. The predicted octanol–water partition coefficient (Wildman–Crippen LogP) is 0.444. The molecule has 1 aromatic rings. The van der Waals surface area contributed by atoms with Crippen molar-refractivity contribution in [3.05, 3.63) is 29.6 Å². The van der Waals surface area contributed by atoms with Gasteiger partial charge in [-0.2, -0.15) is 0 Å². The lowest BCUT2D eigenvalue weighted by molar-refractivity contribution is -0.130. The van der Waals surface area contributed by atoms with E-state index in [9.17, 15) is 9.59 Å². The van der Waals surface area contributed by atoms with E-state index < -0.39 is 5.97 Å². The molecule has 1 aliphatic rings. The second-order valence-corrected chi connectivity index (χ2v) is 4.60. The van der Waals surface area contributed by atoms with Crippen LogP contribution in [0, 0.1) is 0 Å². The van der Waals surface area contributed by atoms with E-state index in [2.05, 4.69) is 9.88 Å². The van der Waals surface area contributed by atoms with E-state index in [0.29, 0.717) is 19.6 Å². The van der Waals surface area contributed by atoms with Crippen molar-refractivity contribution in [2.75, 3.05) is 26.2 Å². The molecule has 0 bridgehead atoms. The number of carboxylic acid groups (broad SMARTS) is 1. The molecule has 1 amide bonds. The van der Waals surface area contributed by atoms with Gasteiger partial charge < -0.3 is 10.0 Å². The third kappa shape index (κ3) is 3.51. The number of nitrogens with zero attached hydrogens (tertiary/aromatic N) is 3. The summed E-state index contributed by atoms with van der Waals surface area (Å²) in [6.07, 6.45) is 0. The number of rotatable bonds is 3. The first-order valence-electron chi connectivity index (χ1n) is 6.23. The fourth-order valence-corrected chi connectivity index (χ4v) is 2.14. The lowest BCUT2D eigenvalue weighted by atomic mass is 10.2. The Labute approximate surface area is 111 Å². The van der Waals surface area contributed by atoms with Crippen molar-refractivity contribution in [2.45, 2.75) is 13.5 Å². The van der Waals surface area contributed by atoms with Crippen molar-refractivity contribution in [1.29, 1.82) is 0 Å². The molecule has 1 fully saturated rings. The fraction of sp³-hybridized carbons (Fsp3) is 0.462. The van der Waals surface area contributed by atoms with Gasteiger partial charge in [-0.1, -0.05) is 6.07 Å². The highest BCUT2D eigenvalue weighted by molar-refractivity contribution is 5.85. The summed E-state index contributed by atoms with van der Waals surface area (Å²) in [4.78, 5) is 30.1. The maximum Gasteiger partial charge on any atom is 0.354 e. The number of carbonyl (C=O) groups is 2. The normalized spacial score (nSPS) is 16.4. The Bertz CT molecular complexity index is 482. The number of hydrogen-bond acceptors (Lipinski definition) is 4. The molecule has 1 N–H and O–H groups in total. The Balaban J connectivity index is 1.94. The maximum atomic E-state index is 11.2. The number of carboxylic acids is 1. The number of hydrogen-bond donors (Lipinski definition) is 1. The molecular weight excluding hydrogens is 246 g/mol. The first-order chi connectivity index (χ1) is 9.06. The summed E-state index contributed by atoms with van der Waals surface area (Å²) >= 11 is 0. The minimum Gasteiger partial charge on any atom is -0.477 e. The summed E-state index contributed by atoms with van der Waals surface area (Å²) in [7, 11) is 0. The van der Waals surface area contributed by atoms with Crippen LogP contribution in [0.3, 0.4) is 0 Å². The molecule has 0 atom stereocenters. The summed E-state index contributed by atoms with van der Waals surface area (Å²) in [6.45, 7) is 5.21. The minimum absolute atomic E-state index is 0.0693. The zero-order valence-electron chi connectivity index (χ0n) is 10.9. The Morgan fingerprint density at radius 2 is 1.95 bits per heavy atom. The van der Waals surface area contributed by atoms with Gasteiger partial charge in [-0.15, -0.1) is 0 Å². The standard InChI is InChI=1S/C13H17N3O3/c1-10(17)16-7-5-15(6-8-16)9-11-3-2-4-12(14-11)13(18)19/h2-4H,5-9H2,1H3,(H,18,19). The summed E-state index contributed by atoms with van der Waals surface area (Å²) in [5.41, 5.74) is 0.816. The quantitative estimate of drug-likeness (QED) is 0.856. The number of amides is 1. The number of aromatic carboxylic acids is 1. The fourth-order valence-electron chi connectivity index (χ4n) is 2.14. The molecule has 6 nitrogen and oxygen atoms in total. The van der Waals surface area contributed by atoms with Gasteiger partial charge in [0.1, 0.15) is 5.69 Å². The summed E-state index contributed by atoms with van der Waals surface area (Å²) in [5.74, 6) is -0.908. The monoisotopic (exact) mass is 263 g/mol. The van der Waals surface area contributed by atoms with Crippen molar-refractivity contribution in [3.63, 3.8) is 0 Å². The number of piperazine rings is 1. The van der Waals surface area contributed by atoms with Crippen molar-refractivity contribution < 1.29 is 14.7 Å². The largest absolute Gasteiger partial charge is 0.477 e. The van der Waals surface area contributed by atoms with Crippen molar-refractivity contribution >= 4 is 11.9 Å². The Hall–Kier alpha value is -1.95. The van der Waals surface area contributed by atoms with Crippen LogP contribution < -0.4 is 0 Å². The molecule has 0 aliphatic carbocycles. The van der Waals surface area contributed by atoms with Gasteiger partial charge in [-0.05, 0) is 12.1 Å². The summed E-state index contributed by atoms with van der Waals surface area (Å²) in [5, 5.41) is 8.89. The van der Waals surface area contributed by atoms with Gasteiger partial charge in [0.05, 0.1) is 5.69 Å². The van der Waals surface area contributed by atoms with Gasteiger partial charge in [0.15, 0.2) is 0 Å². The highest BCUT2D eigenvalue weighted by Gasteiger charge is 2.19. The predicted molar refractivity (Wildman–Crippen MR) is 68.7 cm³/mol.